The Morgan fingerprint density at radius 1 is 1.23 bits per heavy atom. The Balaban J connectivity index is 1.62. The second-order valence-corrected chi connectivity index (χ2v) is 6.18. The van der Waals surface area contributed by atoms with Gasteiger partial charge in [-0.1, -0.05) is 12.1 Å². The van der Waals surface area contributed by atoms with Gasteiger partial charge in [-0.25, -0.2) is 0 Å². The molecule has 0 bridgehead atoms. The Kier molecular flexibility index (Phi) is 5.31. The molecule has 1 N–H and O–H groups in total. The first-order chi connectivity index (χ1) is 12.5. The fourth-order valence-corrected chi connectivity index (χ4v) is 2.75. The number of hydrogen-bond donors (Lipinski definition) is 1. The lowest BCUT2D eigenvalue weighted by Gasteiger charge is -2.09. The summed E-state index contributed by atoms with van der Waals surface area (Å²) in [6.45, 7) is 4.32. The van der Waals surface area contributed by atoms with Crippen LogP contribution >= 0.6 is 0 Å². The number of carbonyl (C=O) groups excluding carboxylic acids is 1. The van der Waals surface area contributed by atoms with Gasteiger partial charge in [0.25, 0.3) is 0 Å². The van der Waals surface area contributed by atoms with Crippen LogP contribution in [0.2, 0.25) is 0 Å². The molecule has 0 fully saturated rings. The normalized spacial score (nSPS) is 10.6. The van der Waals surface area contributed by atoms with Crippen LogP contribution in [0, 0.1) is 13.8 Å². The zero-order valence-corrected chi connectivity index (χ0v) is 15.2. The molecule has 6 heteroatoms. The summed E-state index contributed by atoms with van der Waals surface area (Å²) in [6.07, 6.45) is 3.79. The standard InChI is InChI=1S/C20H22N4O2/c1-14-19(15(2)24(3)23-14)11-20(25)22-17-7-4-8-18(10-17)26-13-16-6-5-9-21-12-16/h4-10,12H,11,13H2,1-3H3,(H,22,25). The molecule has 1 amide bonds. The SMILES string of the molecule is Cc1nn(C)c(C)c1CC(=O)Nc1cccc(OCc2cccnc2)c1. The van der Waals surface area contributed by atoms with E-state index in [0.717, 1.165) is 22.5 Å². The monoisotopic (exact) mass is 350 g/mol. The molecule has 3 rings (SSSR count). The highest BCUT2D eigenvalue weighted by Crippen LogP contribution is 2.19. The Morgan fingerprint density at radius 3 is 2.77 bits per heavy atom. The van der Waals surface area contributed by atoms with Crippen molar-refractivity contribution in [1.29, 1.82) is 0 Å². The Bertz CT molecular complexity index is 903. The van der Waals surface area contributed by atoms with Gasteiger partial charge in [-0.15, -0.1) is 0 Å². The molecular formula is C20H22N4O2. The maximum absolute atomic E-state index is 12.4. The maximum Gasteiger partial charge on any atom is 0.228 e. The number of nitrogens with one attached hydrogen (secondary N) is 1. The number of amides is 1. The summed E-state index contributed by atoms with van der Waals surface area (Å²) in [5.74, 6) is 0.619. The summed E-state index contributed by atoms with van der Waals surface area (Å²) in [5, 5.41) is 7.27. The van der Waals surface area contributed by atoms with Gasteiger partial charge in [-0.05, 0) is 32.0 Å². The molecule has 6 nitrogen and oxygen atoms in total. The van der Waals surface area contributed by atoms with Gasteiger partial charge in [0.2, 0.25) is 5.91 Å². The minimum Gasteiger partial charge on any atom is -0.489 e. The van der Waals surface area contributed by atoms with Crippen LogP contribution in [0.25, 0.3) is 0 Å². The van der Waals surface area contributed by atoms with Gasteiger partial charge in [-0.2, -0.15) is 5.10 Å². The number of aromatic nitrogens is 3. The Hall–Kier alpha value is -3.15. The van der Waals surface area contributed by atoms with E-state index in [1.165, 1.54) is 0 Å². The van der Waals surface area contributed by atoms with Crippen LogP contribution in [0.5, 0.6) is 5.75 Å². The van der Waals surface area contributed by atoms with Crippen molar-refractivity contribution in [2.24, 2.45) is 7.05 Å². The highest BCUT2D eigenvalue weighted by molar-refractivity contribution is 5.92. The summed E-state index contributed by atoms with van der Waals surface area (Å²) in [7, 11) is 1.88. The predicted octanol–water partition coefficient (Wildman–Crippen LogP) is 3.19. The number of anilines is 1. The third-order valence-corrected chi connectivity index (χ3v) is 4.24. The zero-order chi connectivity index (χ0) is 18.5. The number of benzene rings is 1. The summed E-state index contributed by atoms with van der Waals surface area (Å²) in [4.78, 5) is 16.5. The largest absolute Gasteiger partial charge is 0.489 e. The minimum atomic E-state index is -0.0754. The van der Waals surface area contributed by atoms with Crippen molar-refractivity contribution in [3.8, 4) is 5.75 Å². The van der Waals surface area contributed by atoms with Crippen LogP contribution in [-0.2, 0) is 24.9 Å². The lowest BCUT2D eigenvalue weighted by molar-refractivity contribution is -0.115. The van der Waals surface area contributed by atoms with Crippen LogP contribution < -0.4 is 10.1 Å². The number of ether oxygens (including phenoxy) is 1. The lowest BCUT2D eigenvalue weighted by Crippen LogP contribution is -2.15. The van der Waals surface area contributed by atoms with Crippen LogP contribution in [-0.4, -0.2) is 20.7 Å². The van der Waals surface area contributed by atoms with E-state index in [2.05, 4.69) is 15.4 Å². The average molecular weight is 350 g/mol. The van der Waals surface area contributed by atoms with E-state index in [1.54, 1.807) is 17.1 Å². The van der Waals surface area contributed by atoms with E-state index >= 15 is 0 Å². The second kappa shape index (κ2) is 7.82. The smallest absolute Gasteiger partial charge is 0.228 e. The van der Waals surface area contributed by atoms with Crippen LogP contribution in [0.4, 0.5) is 5.69 Å². The van der Waals surface area contributed by atoms with E-state index in [4.69, 9.17) is 4.74 Å². The van der Waals surface area contributed by atoms with Crippen LogP contribution in [0.1, 0.15) is 22.5 Å². The first-order valence-electron chi connectivity index (χ1n) is 8.43. The van der Waals surface area contributed by atoms with Crippen LogP contribution in [0.15, 0.2) is 48.8 Å². The molecule has 1 aromatic carbocycles. The molecule has 26 heavy (non-hydrogen) atoms. The van der Waals surface area contributed by atoms with Gasteiger partial charge in [-0.3, -0.25) is 14.5 Å². The molecule has 0 unspecified atom stereocenters. The van der Waals surface area contributed by atoms with Crippen molar-refractivity contribution in [2.75, 3.05) is 5.32 Å². The number of hydrogen-bond acceptors (Lipinski definition) is 4. The van der Waals surface area contributed by atoms with Crippen molar-refractivity contribution in [1.82, 2.24) is 14.8 Å². The molecule has 0 atom stereocenters. The number of nitrogens with zero attached hydrogens (tertiary/aromatic N) is 3. The quantitative estimate of drug-likeness (QED) is 0.741. The minimum absolute atomic E-state index is 0.0754. The molecule has 0 radical (unpaired) electrons. The highest BCUT2D eigenvalue weighted by atomic mass is 16.5. The molecule has 0 aliphatic heterocycles. The molecule has 2 heterocycles. The summed E-state index contributed by atoms with van der Waals surface area (Å²) < 4.78 is 7.57. The van der Waals surface area contributed by atoms with E-state index in [0.29, 0.717) is 24.5 Å². The highest BCUT2D eigenvalue weighted by Gasteiger charge is 2.13. The summed E-state index contributed by atoms with van der Waals surface area (Å²) in [6, 6.07) is 11.2. The maximum atomic E-state index is 12.4. The van der Waals surface area contributed by atoms with Gasteiger partial charge in [0.15, 0.2) is 0 Å². The number of aryl methyl sites for hydroxylation is 2. The number of rotatable bonds is 6. The molecule has 0 saturated carbocycles. The Labute approximate surface area is 152 Å². The van der Waals surface area contributed by atoms with Gasteiger partial charge in [0.1, 0.15) is 12.4 Å². The van der Waals surface area contributed by atoms with Crippen LogP contribution in [0.3, 0.4) is 0 Å². The number of carbonyl (C=O) groups is 1. The van der Waals surface area contributed by atoms with Gasteiger partial charge >= 0.3 is 0 Å². The molecule has 2 aromatic heterocycles. The fourth-order valence-electron chi connectivity index (χ4n) is 2.75. The van der Waals surface area contributed by atoms with E-state index in [1.807, 2.05) is 57.3 Å². The molecular weight excluding hydrogens is 328 g/mol. The first-order valence-corrected chi connectivity index (χ1v) is 8.43. The summed E-state index contributed by atoms with van der Waals surface area (Å²) in [5.41, 5.74) is 4.55. The zero-order valence-electron chi connectivity index (χ0n) is 15.2. The van der Waals surface area contributed by atoms with Crippen molar-refractivity contribution >= 4 is 11.6 Å². The fraction of sp³-hybridized carbons (Fsp3) is 0.250. The van der Waals surface area contributed by atoms with Crippen molar-refractivity contribution in [3.05, 3.63) is 71.3 Å². The van der Waals surface area contributed by atoms with Gasteiger partial charge in [0, 0.05) is 48.0 Å². The predicted molar refractivity (Wildman–Crippen MR) is 100 cm³/mol. The van der Waals surface area contributed by atoms with Crippen molar-refractivity contribution in [3.63, 3.8) is 0 Å². The lowest BCUT2D eigenvalue weighted by atomic mass is 10.1. The third kappa shape index (κ3) is 4.27. The Morgan fingerprint density at radius 2 is 2.08 bits per heavy atom. The second-order valence-electron chi connectivity index (χ2n) is 6.18. The molecule has 0 aliphatic rings. The van der Waals surface area contributed by atoms with E-state index in [9.17, 15) is 4.79 Å². The average Bonchev–Trinajstić information content (AvgIpc) is 2.87. The molecule has 0 spiro atoms. The van der Waals surface area contributed by atoms with E-state index in [-0.39, 0.29) is 5.91 Å². The molecule has 134 valence electrons. The molecule has 0 aliphatic carbocycles. The van der Waals surface area contributed by atoms with Crippen molar-refractivity contribution < 1.29 is 9.53 Å². The summed E-state index contributed by atoms with van der Waals surface area (Å²) >= 11 is 0. The molecule has 3 aromatic rings. The topological polar surface area (TPSA) is 69.0 Å². The van der Waals surface area contributed by atoms with Crippen molar-refractivity contribution in [2.45, 2.75) is 26.9 Å². The van der Waals surface area contributed by atoms with Gasteiger partial charge < -0.3 is 10.1 Å². The molecule has 0 saturated heterocycles. The van der Waals surface area contributed by atoms with E-state index < -0.39 is 0 Å². The third-order valence-electron chi connectivity index (χ3n) is 4.24. The number of pyridine rings is 1. The first kappa shape index (κ1) is 17.7. The van der Waals surface area contributed by atoms with Gasteiger partial charge in [0.05, 0.1) is 12.1 Å².